The number of rotatable bonds is 4. The number of nitrogens with zero attached hydrogens (tertiary/aromatic N) is 1. The third-order valence-electron chi connectivity index (χ3n) is 4.00. The van der Waals surface area contributed by atoms with Crippen LogP contribution in [0.25, 0.3) is 0 Å². The van der Waals surface area contributed by atoms with Gasteiger partial charge in [-0.3, -0.25) is 9.59 Å². The number of benzene rings is 1. The van der Waals surface area contributed by atoms with E-state index in [-0.39, 0.29) is 11.8 Å². The maximum atomic E-state index is 12.6. The normalized spacial score (nSPS) is 17.6. The molecule has 1 N–H and O–H groups in total. The van der Waals surface area contributed by atoms with E-state index in [4.69, 9.17) is 0 Å². The zero-order valence-corrected chi connectivity index (χ0v) is 14.2. The van der Waals surface area contributed by atoms with Crippen LogP contribution in [0, 0.1) is 13.8 Å². The Bertz CT molecular complexity index is 704. The lowest BCUT2D eigenvalue weighted by Gasteiger charge is -2.18. The summed E-state index contributed by atoms with van der Waals surface area (Å²) in [5, 5.41) is 6.78. The van der Waals surface area contributed by atoms with Crippen molar-refractivity contribution in [2.75, 3.05) is 11.4 Å². The molecule has 2 amide bonds. The second-order valence-corrected chi connectivity index (χ2v) is 6.83. The van der Waals surface area contributed by atoms with Gasteiger partial charge in [0.15, 0.2) is 0 Å². The number of hydrogen-bond donors (Lipinski definition) is 1. The first-order valence-electron chi connectivity index (χ1n) is 7.73. The second-order valence-electron chi connectivity index (χ2n) is 6.05. The minimum atomic E-state index is -0.415. The molecular formula is C18H20N2O2S. The third-order valence-corrected chi connectivity index (χ3v) is 4.74. The van der Waals surface area contributed by atoms with E-state index < -0.39 is 6.04 Å². The van der Waals surface area contributed by atoms with Crippen molar-refractivity contribution in [3.63, 3.8) is 0 Å². The summed E-state index contributed by atoms with van der Waals surface area (Å²) < 4.78 is 0. The fourth-order valence-electron chi connectivity index (χ4n) is 3.00. The SMILES string of the molecule is Cc1cc(C)cc(N2CCC(NC(=O)Cc3ccsc3)C2=O)c1. The van der Waals surface area contributed by atoms with Gasteiger partial charge in [-0.25, -0.2) is 0 Å². The molecule has 1 saturated heterocycles. The molecule has 2 aromatic rings. The summed E-state index contributed by atoms with van der Waals surface area (Å²) in [4.78, 5) is 26.4. The van der Waals surface area contributed by atoms with Gasteiger partial charge in [0.1, 0.15) is 6.04 Å². The largest absolute Gasteiger partial charge is 0.344 e. The average Bonchev–Trinajstić information content (AvgIpc) is 3.09. The van der Waals surface area contributed by atoms with Gasteiger partial charge in [-0.15, -0.1) is 0 Å². The molecule has 2 heterocycles. The van der Waals surface area contributed by atoms with Crippen molar-refractivity contribution in [3.8, 4) is 0 Å². The molecule has 23 heavy (non-hydrogen) atoms. The van der Waals surface area contributed by atoms with Crippen LogP contribution >= 0.6 is 11.3 Å². The minimum absolute atomic E-state index is 0.0198. The summed E-state index contributed by atoms with van der Waals surface area (Å²) in [7, 11) is 0. The molecule has 0 spiro atoms. The smallest absolute Gasteiger partial charge is 0.249 e. The Morgan fingerprint density at radius 1 is 1.30 bits per heavy atom. The van der Waals surface area contributed by atoms with E-state index in [9.17, 15) is 9.59 Å². The highest BCUT2D eigenvalue weighted by molar-refractivity contribution is 7.08. The van der Waals surface area contributed by atoms with Crippen molar-refractivity contribution in [1.82, 2.24) is 5.32 Å². The molecule has 1 aromatic carbocycles. The number of carbonyl (C=O) groups is 2. The van der Waals surface area contributed by atoms with Crippen LogP contribution in [0.3, 0.4) is 0 Å². The number of aryl methyl sites for hydroxylation is 2. The van der Waals surface area contributed by atoms with E-state index in [0.29, 0.717) is 19.4 Å². The van der Waals surface area contributed by atoms with Gasteiger partial charge in [0.05, 0.1) is 6.42 Å². The highest BCUT2D eigenvalue weighted by Crippen LogP contribution is 2.24. The van der Waals surface area contributed by atoms with Crippen molar-refractivity contribution in [1.29, 1.82) is 0 Å². The van der Waals surface area contributed by atoms with E-state index in [0.717, 1.165) is 22.4 Å². The number of carbonyl (C=O) groups excluding carboxylic acids is 2. The monoisotopic (exact) mass is 328 g/mol. The van der Waals surface area contributed by atoms with Crippen molar-refractivity contribution in [3.05, 3.63) is 51.7 Å². The number of amides is 2. The number of nitrogens with one attached hydrogen (secondary N) is 1. The quantitative estimate of drug-likeness (QED) is 0.938. The van der Waals surface area contributed by atoms with Gasteiger partial charge in [-0.2, -0.15) is 11.3 Å². The molecule has 1 aliphatic heterocycles. The summed E-state index contributed by atoms with van der Waals surface area (Å²) in [5.41, 5.74) is 4.18. The molecular weight excluding hydrogens is 308 g/mol. The number of hydrogen-bond acceptors (Lipinski definition) is 3. The molecule has 1 unspecified atom stereocenters. The van der Waals surface area contributed by atoms with Crippen molar-refractivity contribution < 1.29 is 9.59 Å². The molecule has 5 heteroatoms. The molecule has 1 aliphatic rings. The van der Waals surface area contributed by atoms with Gasteiger partial charge in [0.25, 0.3) is 0 Å². The standard InChI is InChI=1S/C18H20N2O2S/c1-12-7-13(2)9-15(8-12)20-5-3-16(18(20)22)19-17(21)10-14-4-6-23-11-14/h4,6-9,11,16H,3,5,10H2,1-2H3,(H,19,21). The third kappa shape index (κ3) is 3.62. The lowest BCUT2D eigenvalue weighted by atomic mass is 10.1. The molecule has 1 aromatic heterocycles. The summed E-state index contributed by atoms with van der Waals surface area (Å²) >= 11 is 1.57. The molecule has 1 atom stereocenters. The van der Waals surface area contributed by atoms with Crippen molar-refractivity contribution >= 4 is 28.8 Å². The lowest BCUT2D eigenvalue weighted by molar-refractivity contribution is -0.126. The molecule has 3 rings (SSSR count). The Morgan fingerprint density at radius 2 is 2.04 bits per heavy atom. The van der Waals surface area contributed by atoms with Crippen LogP contribution in [-0.4, -0.2) is 24.4 Å². The van der Waals surface area contributed by atoms with Crippen LogP contribution in [0.2, 0.25) is 0 Å². The zero-order chi connectivity index (χ0) is 16.4. The minimum Gasteiger partial charge on any atom is -0.344 e. The van der Waals surface area contributed by atoms with Crippen LogP contribution < -0.4 is 10.2 Å². The molecule has 0 bridgehead atoms. The van der Waals surface area contributed by atoms with E-state index in [1.807, 2.05) is 42.8 Å². The highest BCUT2D eigenvalue weighted by atomic mass is 32.1. The first-order valence-corrected chi connectivity index (χ1v) is 8.67. The van der Waals surface area contributed by atoms with E-state index >= 15 is 0 Å². The molecule has 4 nitrogen and oxygen atoms in total. The topological polar surface area (TPSA) is 49.4 Å². The van der Waals surface area contributed by atoms with E-state index in [1.165, 1.54) is 0 Å². The van der Waals surface area contributed by atoms with Gasteiger partial charge in [-0.05, 0) is 65.9 Å². The van der Waals surface area contributed by atoms with Gasteiger partial charge < -0.3 is 10.2 Å². The van der Waals surface area contributed by atoms with Crippen LogP contribution in [0.4, 0.5) is 5.69 Å². The molecule has 0 aliphatic carbocycles. The van der Waals surface area contributed by atoms with Gasteiger partial charge in [0, 0.05) is 12.2 Å². The summed E-state index contributed by atoms with van der Waals surface area (Å²) in [6.45, 7) is 4.69. The zero-order valence-electron chi connectivity index (χ0n) is 13.3. The number of anilines is 1. The Hall–Kier alpha value is -2.14. The van der Waals surface area contributed by atoms with Gasteiger partial charge in [-0.1, -0.05) is 6.07 Å². The van der Waals surface area contributed by atoms with Gasteiger partial charge >= 0.3 is 0 Å². The summed E-state index contributed by atoms with van der Waals surface area (Å²) in [6, 6.07) is 7.63. The first-order chi connectivity index (χ1) is 11.0. The molecule has 0 radical (unpaired) electrons. The number of thiophene rings is 1. The summed E-state index contributed by atoms with van der Waals surface area (Å²) in [5.74, 6) is -0.113. The Labute approximate surface area is 140 Å². The van der Waals surface area contributed by atoms with Crippen LogP contribution in [0.1, 0.15) is 23.1 Å². The lowest BCUT2D eigenvalue weighted by Crippen LogP contribution is -2.42. The van der Waals surface area contributed by atoms with Crippen LogP contribution in [-0.2, 0) is 16.0 Å². The van der Waals surface area contributed by atoms with E-state index in [2.05, 4.69) is 11.4 Å². The average molecular weight is 328 g/mol. The van der Waals surface area contributed by atoms with Gasteiger partial charge in [0.2, 0.25) is 11.8 Å². The predicted molar refractivity (Wildman–Crippen MR) is 92.8 cm³/mol. The Morgan fingerprint density at radius 3 is 2.70 bits per heavy atom. The Balaban J connectivity index is 1.65. The van der Waals surface area contributed by atoms with Crippen molar-refractivity contribution in [2.45, 2.75) is 32.7 Å². The molecule has 1 fully saturated rings. The molecule has 0 saturated carbocycles. The maximum absolute atomic E-state index is 12.6. The van der Waals surface area contributed by atoms with Crippen LogP contribution in [0.15, 0.2) is 35.0 Å². The fraction of sp³-hybridized carbons (Fsp3) is 0.333. The van der Waals surface area contributed by atoms with Crippen LogP contribution in [0.5, 0.6) is 0 Å². The highest BCUT2D eigenvalue weighted by Gasteiger charge is 2.33. The predicted octanol–water partition coefficient (Wildman–Crippen LogP) is 2.83. The molecule has 120 valence electrons. The first kappa shape index (κ1) is 15.7. The maximum Gasteiger partial charge on any atom is 0.249 e. The summed E-state index contributed by atoms with van der Waals surface area (Å²) in [6.07, 6.45) is 0.984. The van der Waals surface area contributed by atoms with E-state index in [1.54, 1.807) is 16.2 Å². The fourth-order valence-corrected chi connectivity index (χ4v) is 3.67. The van der Waals surface area contributed by atoms with Crippen molar-refractivity contribution in [2.24, 2.45) is 0 Å². The Kier molecular flexibility index (Phi) is 4.48. The second kappa shape index (κ2) is 6.54.